The molecule has 1 aromatic carbocycles. The van der Waals surface area contributed by atoms with Crippen LogP contribution in [0.15, 0.2) is 48.8 Å². The standard InChI is InChI=1S/C19H20N2O4/c1-25-17-6-2-4-15(12-17)18(22)16-5-3-9-20(13-16)19(23)14-7-10-21(24)11-8-14/h2,4,6-8,10-12,16H,3,5,9,13H2,1H3/t16-/m0/s1. The van der Waals surface area contributed by atoms with E-state index < -0.39 is 0 Å². The van der Waals surface area contributed by atoms with E-state index in [-0.39, 0.29) is 17.6 Å². The van der Waals surface area contributed by atoms with E-state index in [2.05, 4.69) is 0 Å². The molecule has 6 nitrogen and oxygen atoms in total. The molecule has 0 radical (unpaired) electrons. The number of likely N-dealkylation sites (tertiary alicyclic amines) is 1. The van der Waals surface area contributed by atoms with E-state index in [0.29, 0.717) is 34.7 Å². The number of piperidine rings is 1. The van der Waals surface area contributed by atoms with Gasteiger partial charge in [-0.1, -0.05) is 12.1 Å². The molecule has 0 aliphatic carbocycles. The molecule has 1 atom stereocenters. The smallest absolute Gasteiger partial charge is 0.254 e. The average molecular weight is 340 g/mol. The van der Waals surface area contributed by atoms with E-state index in [1.165, 1.54) is 24.5 Å². The van der Waals surface area contributed by atoms with Gasteiger partial charge in [0, 0.05) is 36.7 Å². The van der Waals surface area contributed by atoms with Gasteiger partial charge in [-0.05, 0) is 25.0 Å². The topological polar surface area (TPSA) is 73.5 Å². The van der Waals surface area contributed by atoms with Crippen LogP contribution < -0.4 is 9.47 Å². The number of rotatable bonds is 4. The van der Waals surface area contributed by atoms with Gasteiger partial charge in [0.05, 0.1) is 12.7 Å². The van der Waals surface area contributed by atoms with Gasteiger partial charge in [-0.25, -0.2) is 0 Å². The number of carbonyl (C=O) groups is 2. The number of ketones is 1. The summed E-state index contributed by atoms with van der Waals surface area (Å²) in [6.45, 7) is 1.01. The maximum atomic E-state index is 12.8. The molecule has 1 aliphatic rings. The van der Waals surface area contributed by atoms with Gasteiger partial charge in [-0.15, -0.1) is 0 Å². The summed E-state index contributed by atoms with van der Waals surface area (Å²) in [6, 6.07) is 10.1. The van der Waals surface area contributed by atoms with Crippen LogP contribution in [0.4, 0.5) is 0 Å². The Hall–Kier alpha value is -2.89. The van der Waals surface area contributed by atoms with Crippen molar-refractivity contribution in [3.63, 3.8) is 0 Å². The molecule has 1 saturated heterocycles. The van der Waals surface area contributed by atoms with Crippen molar-refractivity contribution in [1.29, 1.82) is 0 Å². The Kier molecular flexibility index (Phi) is 4.97. The third-order valence-electron chi connectivity index (χ3n) is 4.48. The predicted octanol–water partition coefficient (Wildman–Crippen LogP) is 2.06. The van der Waals surface area contributed by atoms with E-state index in [9.17, 15) is 14.8 Å². The minimum atomic E-state index is -0.224. The molecule has 1 aliphatic heterocycles. The zero-order chi connectivity index (χ0) is 17.8. The summed E-state index contributed by atoms with van der Waals surface area (Å²) in [7, 11) is 1.57. The first-order valence-corrected chi connectivity index (χ1v) is 8.25. The Bertz CT molecular complexity index is 773. The fraction of sp³-hybridized carbons (Fsp3) is 0.316. The zero-order valence-electron chi connectivity index (χ0n) is 14.1. The molecular weight excluding hydrogens is 320 g/mol. The molecule has 1 fully saturated rings. The number of amides is 1. The third-order valence-corrected chi connectivity index (χ3v) is 4.48. The van der Waals surface area contributed by atoms with Gasteiger partial charge in [0.15, 0.2) is 18.2 Å². The third kappa shape index (κ3) is 3.79. The van der Waals surface area contributed by atoms with Crippen LogP contribution in [0, 0.1) is 11.1 Å². The first-order valence-electron chi connectivity index (χ1n) is 8.25. The van der Waals surface area contributed by atoms with Crippen LogP contribution in [-0.4, -0.2) is 36.8 Å². The van der Waals surface area contributed by atoms with Crippen molar-refractivity contribution in [2.45, 2.75) is 12.8 Å². The van der Waals surface area contributed by atoms with Crippen LogP contribution in [-0.2, 0) is 0 Å². The van der Waals surface area contributed by atoms with Crippen molar-refractivity contribution in [2.24, 2.45) is 5.92 Å². The molecular formula is C19H20N2O4. The second kappa shape index (κ2) is 7.34. The van der Waals surface area contributed by atoms with Crippen LogP contribution in [0.2, 0.25) is 0 Å². The van der Waals surface area contributed by atoms with E-state index in [1.807, 2.05) is 0 Å². The van der Waals surface area contributed by atoms with Crippen molar-refractivity contribution in [2.75, 3.05) is 20.2 Å². The largest absolute Gasteiger partial charge is 0.619 e. The Morgan fingerprint density at radius 2 is 1.96 bits per heavy atom. The van der Waals surface area contributed by atoms with Crippen molar-refractivity contribution in [1.82, 2.24) is 4.90 Å². The molecule has 0 spiro atoms. The second-order valence-corrected chi connectivity index (χ2v) is 6.13. The van der Waals surface area contributed by atoms with E-state index >= 15 is 0 Å². The molecule has 0 unspecified atom stereocenters. The number of pyridine rings is 1. The van der Waals surface area contributed by atoms with Crippen LogP contribution in [0.25, 0.3) is 0 Å². The van der Waals surface area contributed by atoms with E-state index in [1.54, 1.807) is 36.3 Å². The highest BCUT2D eigenvalue weighted by Gasteiger charge is 2.29. The lowest BCUT2D eigenvalue weighted by Gasteiger charge is -2.32. The number of aromatic nitrogens is 1. The molecule has 2 aromatic rings. The number of methoxy groups -OCH3 is 1. The maximum Gasteiger partial charge on any atom is 0.254 e. The molecule has 1 amide bonds. The average Bonchev–Trinajstić information content (AvgIpc) is 2.67. The highest BCUT2D eigenvalue weighted by Crippen LogP contribution is 2.24. The number of Topliss-reactive ketones (excluding diaryl/α,β-unsaturated/α-hetero) is 1. The number of hydrogen-bond acceptors (Lipinski definition) is 4. The first kappa shape index (κ1) is 17.0. The molecule has 2 heterocycles. The lowest BCUT2D eigenvalue weighted by molar-refractivity contribution is -0.605. The van der Waals surface area contributed by atoms with Gasteiger partial charge < -0.3 is 14.8 Å². The lowest BCUT2D eigenvalue weighted by Crippen LogP contribution is -2.42. The van der Waals surface area contributed by atoms with Gasteiger partial charge in [0.2, 0.25) is 0 Å². The van der Waals surface area contributed by atoms with Crippen molar-refractivity contribution in [3.05, 3.63) is 65.1 Å². The van der Waals surface area contributed by atoms with E-state index in [0.717, 1.165) is 12.8 Å². The van der Waals surface area contributed by atoms with Crippen LogP contribution in [0.5, 0.6) is 5.75 Å². The minimum Gasteiger partial charge on any atom is -0.619 e. The summed E-state index contributed by atoms with van der Waals surface area (Å²) in [4.78, 5) is 27.1. The summed E-state index contributed by atoms with van der Waals surface area (Å²) < 4.78 is 5.82. The second-order valence-electron chi connectivity index (χ2n) is 6.13. The van der Waals surface area contributed by atoms with Crippen molar-refractivity contribution < 1.29 is 19.1 Å². The quantitative estimate of drug-likeness (QED) is 0.485. The monoisotopic (exact) mass is 340 g/mol. The minimum absolute atomic E-state index is 0.0295. The van der Waals surface area contributed by atoms with Crippen LogP contribution in [0.1, 0.15) is 33.6 Å². The molecule has 25 heavy (non-hydrogen) atoms. The molecule has 1 aromatic heterocycles. The summed E-state index contributed by atoms with van der Waals surface area (Å²) in [5, 5.41) is 11.1. The van der Waals surface area contributed by atoms with Gasteiger partial charge in [-0.3, -0.25) is 9.59 Å². The normalized spacial score (nSPS) is 17.2. The van der Waals surface area contributed by atoms with Gasteiger partial charge in [-0.2, -0.15) is 4.73 Å². The Labute approximate surface area is 146 Å². The van der Waals surface area contributed by atoms with Crippen molar-refractivity contribution in [3.8, 4) is 5.75 Å². The highest BCUT2D eigenvalue weighted by molar-refractivity contribution is 5.99. The molecule has 0 saturated carbocycles. The zero-order valence-corrected chi connectivity index (χ0v) is 14.1. The van der Waals surface area contributed by atoms with Gasteiger partial charge in [0.25, 0.3) is 5.91 Å². The SMILES string of the molecule is COc1cccc(C(=O)[C@H]2CCCN(C(=O)c3cc[n+]([O-])cc3)C2)c1. The van der Waals surface area contributed by atoms with Crippen LogP contribution >= 0.6 is 0 Å². The Morgan fingerprint density at radius 3 is 2.68 bits per heavy atom. The number of benzene rings is 1. The lowest BCUT2D eigenvalue weighted by atomic mass is 9.89. The number of carbonyl (C=O) groups excluding carboxylic acids is 2. The van der Waals surface area contributed by atoms with Crippen molar-refractivity contribution >= 4 is 11.7 Å². The fourth-order valence-corrected chi connectivity index (χ4v) is 3.13. The highest BCUT2D eigenvalue weighted by atomic mass is 16.5. The maximum absolute atomic E-state index is 12.8. The number of nitrogens with zero attached hydrogens (tertiary/aromatic N) is 2. The van der Waals surface area contributed by atoms with Crippen LogP contribution in [0.3, 0.4) is 0 Å². The molecule has 130 valence electrons. The number of hydrogen-bond donors (Lipinski definition) is 0. The van der Waals surface area contributed by atoms with Gasteiger partial charge >= 0.3 is 0 Å². The predicted molar refractivity (Wildman–Crippen MR) is 91.4 cm³/mol. The summed E-state index contributed by atoms with van der Waals surface area (Å²) in [5.41, 5.74) is 1.06. The molecule has 0 bridgehead atoms. The van der Waals surface area contributed by atoms with E-state index in [4.69, 9.17) is 4.74 Å². The fourth-order valence-electron chi connectivity index (χ4n) is 3.13. The summed E-state index contributed by atoms with van der Waals surface area (Å²) in [5.74, 6) is 0.299. The Balaban J connectivity index is 1.73. The summed E-state index contributed by atoms with van der Waals surface area (Å²) in [6.07, 6.45) is 4.14. The molecule has 6 heteroatoms. The summed E-state index contributed by atoms with van der Waals surface area (Å²) >= 11 is 0. The van der Waals surface area contributed by atoms with Gasteiger partial charge in [0.1, 0.15) is 5.75 Å². The Morgan fingerprint density at radius 1 is 1.20 bits per heavy atom. The molecule has 3 rings (SSSR count). The molecule has 0 N–H and O–H groups in total. The number of ether oxygens (including phenoxy) is 1. The first-order chi connectivity index (χ1) is 12.1.